The summed E-state index contributed by atoms with van der Waals surface area (Å²) in [5, 5.41) is 0. The molecule has 3 aliphatic rings. The van der Waals surface area contributed by atoms with Crippen LogP contribution < -0.4 is 0 Å². The Labute approximate surface area is 99.4 Å². The largest absolute Gasteiger partial charge is 0.303 e. The molecule has 2 atom stereocenters. The van der Waals surface area contributed by atoms with Gasteiger partial charge in [-0.05, 0) is 34.2 Å². The van der Waals surface area contributed by atoms with Crippen molar-refractivity contribution < 1.29 is 0 Å². The number of likely N-dealkylation sites (tertiary alicyclic amines) is 3. The molecule has 3 heteroatoms. The van der Waals surface area contributed by atoms with E-state index in [9.17, 15) is 0 Å². The molecular weight excluding hydrogens is 198 g/mol. The Kier molecular flexibility index (Phi) is 2.36. The van der Waals surface area contributed by atoms with E-state index in [4.69, 9.17) is 0 Å². The van der Waals surface area contributed by atoms with Gasteiger partial charge < -0.3 is 4.90 Å². The SMILES string of the molecule is CN1CC(N2C3CC2CN(C(C)(C)C)C3)C1. The fourth-order valence-corrected chi connectivity index (χ4v) is 3.64. The zero-order chi connectivity index (χ0) is 11.5. The van der Waals surface area contributed by atoms with Crippen molar-refractivity contribution in [3.05, 3.63) is 0 Å². The maximum absolute atomic E-state index is 2.81. The van der Waals surface area contributed by atoms with E-state index in [1.807, 2.05) is 0 Å². The van der Waals surface area contributed by atoms with E-state index in [1.54, 1.807) is 0 Å². The second kappa shape index (κ2) is 3.44. The van der Waals surface area contributed by atoms with Crippen molar-refractivity contribution in [2.24, 2.45) is 0 Å². The van der Waals surface area contributed by atoms with Gasteiger partial charge in [-0.25, -0.2) is 0 Å². The number of piperidine rings is 1. The highest BCUT2D eigenvalue weighted by Crippen LogP contribution is 2.38. The lowest BCUT2D eigenvalue weighted by Gasteiger charge is -2.63. The number of hydrogen-bond acceptors (Lipinski definition) is 3. The first-order valence-corrected chi connectivity index (χ1v) is 6.66. The Morgan fingerprint density at radius 1 is 0.875 bits per heavy atom. The summed E-state index contributed by atoms with van der Waals surface area (Å²) in [4.78, 5) is 7.91. The minimum Gasteiger partial charge on any atom is -0.303 e. The first-order valence-electron chi connectivity index (χ1n) is 6.66. The molecule has 3 nitrogen and oxygen atoms in total. The van der Waals surface area contributed by atoms with E-state index in [0.717, 1.165) is 18.1 Å². The van der Waals surface area contributed by atoms with Gasteiger partial charge in [0, 0.05) is 49.8 Å². The van der Waals surface area contributed by atoms with Gasteiger partial charge in [-0.3, -0.25) is 9.80 Å². The quantitative estimate of drug-likeness (QED) is 0.653. The molecule has 92 valence electrons. The molecule has 3 fully saturated rings. The number of likely N-dealkylation sites (N-methyl/N-ethyl adjacent to an activating group) is 1. The van der Waals surface area contributed by atoms with E-state index in [0.29, 0.717) is 5.54 Å². The number of hydrogen-bond donors (Lipinski definition) is 0. The Hall–Kier alpha value is -0.120. The lowest BCUT2D eigenvalue weighted by atomic mass is 9.82. The van der Waals surface area contributed by atoms with Gasteiger partial charge in [0.2, 0.25) is 0 Å². The standard InChI is InChI=1S/C13H25N3/c1-13(2,3)15-8-10-5-11(9-15)16(10)12-6-14(4)7-12/h10-12H,5-9H2,1-4H3. The summed E-state index contributed by atoms with van der Waals surface area (Å²) in [6, 6.07) is 2.59. The summed E-state index contributed by atoms with van der Waals surface area (Å²) < 4.78 is 0. The van der Waals surface area contributed by atoms with Gasteiger partial charge in [-0.2, -0.15) is 0 Å². The normalized spacial score (nSPS) is 38.2. The molecule has 0 N–H and O–H groups in total. The van der Waals surface area contributed by atoms with Crippen molar-refractivity contribution >= 4 is 0 Å². The molecule has 0 amide bonds. The third-order valence-corrected chi connectivity index (χ3v) is 4.66. The van der Waals surface area contributed by atoms with Gasteiger partial charge in [0.1, 0.15) is 0 Å². The highest BCUT2D eigenvalue weighted by Gasteiger charge is 2.51. The van der Waals surface area contributed by atoms with E-state index < -0.39 is 0 Å². The summed E-state index contributed by atoms with van der Waals surface area (Å²) in [6.07, 6.45) is 1.45. The van der Waals surface area contributed by atoms with Crippen LogP contribution in [0.4, 0.5) is 0 Å². The lowest BCUT2D eigenvalue weighted by Crippen LogP contribution is -2.77. The Morgan fingerprint density at radius 2 is 1.44 bits per heavy atom. The smallest absolute Gasteiger partial charge is 0.0357 e. The Bertz CT molecular complexity index is 265. The molecule has 0 aromatic heterocycles. The van der Waals surface area contributed by atoms with Crippen LogP contribution in [0.15, 0.2) is 0 Å². The summed E-state index contributed by atoms with van der Waals surface area (Å²) in [6.45, 7) is 12.2. The monoisotopic (exact) mass is 223 g/mol. The fraction of sp³-hybridized carbons (Fsp3) is 1.00. The van der Waals surface area contributed by atoms with Crippen molar-refractivity contribution in [1.29, 1.82) is 0 Å². The highest BCUT2D eigenvalue weighted by atomic mass is 15.4. The lowest BCUT2D eigenvalue weighted by molar-refractivity contribution is -0.142. The van der Waals surface area contributed by atoms with Crippen LogP contribution in [0, 0.1) is 0 Å². The predicted molar refractivity (Wildman–Crippen MR) is 66.6 cm³/mol. The Morgan fingerprint density at radius 3 is 1.88 bits per heavy atom. The summed E-state index contributed by atoms with van der Waals surface area (Å²) in [5.74, 6) is 0. The molecule has 0 saturated carbocycles. The molecule has 0 radical (unpaired) electrons. The van der Waals surface area contributed by atoms with Crippen LogP contribution in [0.5, 0.6) is 0 Å². The van der Waals surface area contributed by atoms with E-state index in [-0.39, 0.29) is 0 Å². The number of nitrogens with zero attached hydrogens (tertiary/aromatic N) is 3. The number of piperazine rings is 1. The van der Waals surface area contributed by atoms with Gasteiger partial charge in [-0.1, -0.05) is 0 Å². The van der Waals surface area contributed by atoms with Crippen LogP contribution in [0.1, 0.15) is 27.2 Å². The number of fused-ring (bicyclic) bond motifs is 2. The maximum Gasteiger partial charge on any atom is 0.0357 e. The zero-order valence-electron chi connectivity index (χ0n) is 11.1. The van der Waals surface area contributed by atoms with Crippen molar-refractivity contribution in [2.75, 3.05) is 33.2 Å². The summed E-state index contributed by atoms with van der Waals surface area (Å²) in [5.41, 5.74) is 0.361. The molecular formula is C13H25N3. The third kappa shape index (κ3) is 1.60. The maximum atomic E-state index is 2.81. The molecule has 0 aromatic rings. The van der Waals surface area contributed by atoms with Crippen molar-refractivity contribution in [1.82, 2.24) is 14.7 Å². The fourth-order valence-electron chi connectivity index (χ4n) is 3.64. The second-order valence-corrected chi connectivity index (χ2v) is 6.94. The van der Waals surface area contributed by atoms with Crippen molar-refractivity contribution in [2.45, 2.75) is 50.9 Å². The van der Waals surface area contributed by atoms with Gasteiger partial charge in [-0.15, -0.1) is 0 Å². The molecule has 2 bridgehead atoms. The van der Waals surface area contributed by atoms with Crippen LogP contribution >= 0.6 is 0 Å². The minimum atomic E-state index is 0.361. The van der Waals surface area contributed by atoms with Crippen LogP contribution in [0.25, 0.3) is 0 Å². The first-order chi connectivity index (χ1) is 7.45. The van der Waals surface area contributed by atoms with Crippen molar-refractivity contribution in [3.63, 3.8) is 0 Å². The first kappa shape index (κ1) is 11.0. The summed E-state index contributed by atoms with van der Waals surface area (Å²) in [7, 11) is 2.23. The second-order valence-electron chi connectivity index (χ2n) is 6.94. The third-order valence-electron chi connectivity index (χ3n) is 4.66. The highest BCUT2D eigenvalue weighted by molar-refractivity contribution is 5.07. The van der Waals surface area contributed by atoms with E-state index in [1.165, 1.54) is 32.6 Å². The molecule has 0 aromatic carbocycles. The zero-order valence-corrected chi connectivity index (χ0v) is 11.1. The number of rotatable bonds is 1. The van der Waals surface area contributed by atoms with Crippen LogP contribution in [0.2, 0.25) is 0 Å². The van der Waals surface area contributed by atoms with Crippen molar-refractivity contribution in [3.8, 4) is 0 Å². The van der Waals surface area contributed by atoms with Gasteiger partial charge in [0.15, 0.2) is 0 Å². The average Bonchev–Trinajstić information content (AvgIpc) is 2.14. The van der Waals surface area contributed by atoms with Crippen LogP contribution in [-0.2, 0) is 0 Å². The summed E-state index contributed by atoms with van der Waals surface area (Å²) >= 11 is 0. The molecule has 3 aliphatic heterocycles. The molecule has 0 spiro atoms. The van der Waals surface area contributed by atoms with Gasteiger partial charge in [0.25, 0.3) is 0 Å². The van der Waals surface area contributed by atoms with Gasteiger partial charge in [0.05, 0.1) is 0 Å². The predicted octanol–water partition coefficient (Wildman–Crippen LogP) is 0.857. The molecule has 0 aliphatic carbocycles. The van der Waals surface area contributed by atoms with E-state index >= 15 is 0 Å². The molecule has 3 heterocycles. The van der Waals surface area contributed by atoms with Crippen LogP contribution in [0.3, 0.4) is 0 Å². The van der Waals surface area contributed by atoms with Gasteiger partial charge >= 0.3 is 0 Å². The topological polar surface area (TPSA) is 9.72 Å². The Balaban J connectivity index is 1.60. The average molecular weight is 223 g/mol. The molecule has 2 unspecified atom stereocenters. The van der Waals surface area contributed by atoms with Crippen LogP contribution in [-0.4, -0.2) is 71.6 Å². The molecule has 3 rings (SSSR count). The minimum absolute atomic E-state index is 0.361. The van der Waals surface area contributed by atoms with E-state index in [2.05, 4.69) is 42.5 Å². The molecule has 16 heavy (non-hydrogen) atoms. The molecule has 3 saturated heterocycles.